The van der Waals surface area contributed by atoms with Crippen LogP contribution in [0.3, 0.4) is 0 Å². The van der Waals surface area contributed by atoms with Crippen LogP contribution in [0, 0.1) is 0 Å². The predicted molar refractivity (Wildman–Crippen MR) is 36.6 cm³/mol. The van der Waals surface area contributed by atoms with Crippen molar-refractivity contribution in [3.05, 3.63) is 0 Å². The molecular formula is C6H8N2O4. The summed E-state index contributed by atoms with van der Waals surface area (Å²) < 4.78 is 4.29. The van der Waals surface area contributed by atoms with Crippen molar-refractivity contribution in [2.24, 2.45) is 5.73 Å². The minimum atomic E-state index is -0.998. The molecule has 0 aromatic rings. The Balaban J connectivity index is 2.45. The van der Waals surface area contributed by atoms with E-state index in [1.165, 1.54) is 0 Å². The Morgan fingerprint density at radius 1 is 1.42 bits per heavy atom. The van der Waals surface area contributed by atoms with Gasteiger partial charge in [-0.05, 0) is 0 Å². The van der Waals surface area contributed by atoms with Gasteiger partial charge in [-0.2, -0.15) is 0 Å². The molecule has 0 unspecified atom stereocenters. The fourth-order valence-corrected chi connectivity index (χ4v) is 0.895. The van der Waals surface area contributed by atoms with E-state index in [0.29, 0.717) is 0 Å². The maximum atomic E-state index is 10.9. The summed E-state index contributed by atoms with van der Waals surface area (Å²) in [5.41, 5.74) is 4.65. The van der Waals surface area contributed by atoms with Gasteiger partial charge in [0.25, 0.3) is 0 Å². The fraction of sp³-hybridized carbons (Fsp3) is 0.500. The van der Waals surface area contributed by atoms with Gasteiger partial charge in [0.2, 0.25) is 11.8 Å². The van der Waals surface area contributed by atoms with Gasteiger partial charge < -0.3 is 10.5 Å². The molecule has 66 valence electrons. The summed E-state index contributed by atoms with van der Waals surface area (Å²) in [6.45, 7) is -0.368. The number of rotatable bonds is 2. The first kappa shape index (κ1) is 8.51. The zero-order valence-corrected chi connectivity index (χ0v) is 6.28. The zero-order valence-electron chi connectivity index (χ0n) is 6.28. The van der Waals surface area contributed by atoms with Crippen molar-refractivity contribution in [2.75, 3.05) is 6.73 Å². The second-order valence-electron chi connectivity index (χ2n) is 2.31. The molecule has 1 aliphatic rings. The molecule has 1 fully saturated rings. The Morgan fingerprint density at radius 3 is 2.33 bits per heavy atom. The van der Waals surface area contributed by atoms with E-state index >= 15 is 0 Å². The van der Waals surface area contributed by atoms with E-state index in [-0.39, 0.29) is 31.4 Å². The number of primary amides is 1. The molecule has 0 aliphatic carbocycles. The number of hydrogen-bond donors (Lipinski definition) is 1. The molecule has 0 aromatic carbocycles. The second-order valence-corrected chi connectivity index (χ2v) is 2.31. The molecule has 0 atom stereocenters. The Hall–Kier alpha value is -1.59. The van der Waals surface area contributed by atoms with Crippen LogP contribution in [0.4, 0.5) is 4.79 Å². The first-order valence-corrected chi connectivity index (χ1v) is 3.36. The monoisotopic (exact) mass is 172 g/mol. The van der Waals surface area contributed by atoms with Gasteiger partial charge in [0, 0.05) is 12.8 Å². The van der Waals surface area contributed by atoms with E-state index in [4.69, 9.17) is 0 Å². The van der Waals surface area contributed by atoms with E-state index in [2.05, 4.69) is 10.5 Å². The van der Waals surface area contributed by atoms with Gasteiger partial charge in [0.1, 0.15) is 0 Å². The van der Waals surface area contributed by atoms with Crippen molar-refractivity contribution in [1.29, 1.82) is 0 Å². The predicted octanol–water partition coefficient (Wildman–Crippen LogP) is -0.812. The van der Waals surface area contributed by atoms with Gasteiger partial charge in [-0.25, -0.2) is 9.69 Å². The Labute approximate surface area is 68.3 Å². The lowest BCUT2D eigenvalue weighted by Crippen LogP contribution is -2.33. The van der Waals surface area contributed by atoms with Crippen molar-refractivity contribution in [2.45, 2.75) is 12.8 Å². The quantitative estimate of drug-likeness (QED) is 0.551. The Bertz CT molecular complexity index is 222. The third-order valence-electron chi connectivity index (χ3n) is 1.49. The molecule has 1 saturated heterocycles. The van der Waals surface area contributed by atoms with Gasteiger partial charge in [-0.3, -0.25) is 9.59 Å². The maximum Gasteiger partial charge on any atom is 0.406 e. The first-order valence-electron chi connectivity index (χ1n) is 3.36. The molecular weight excluding hydrogens is 164 g/mol. The highest BCUT2D eigenvalue weighted by Crippen LogP contribution is 2.10. The van der Waals surface area contributed by atoms with Crippen LogP contribution in [-0.4, -0.2) is 29.5 Å². The molecule has 6 nitrogen and oxygen atoms in total. The molecule has 6 heteroatoms. The van der Waals surface area contributed by atoms with E-state index in [1.54, 1.807) is 0 Å². The molecule has 2 N–H and O–H groups in total. The molecule has 0 saturated carbocycles. The summed E-state index contributed by atoms with van der Waals surface area (Å²) >= 11 is 0. The summed E-state index contributed by atoms with van der Waals surface area (Å²) in [6.07, 6.45) is -0.635. The summed E-state index contributed by atoms with van der Waals surface area (Å²) in [5.74, 6) is -0.664. The van der Waals surface area contributed by atoms with Crippen molar-refractivity contribution < 1.29 is 19.1 Å². The lowest BCUT2D eigenvalue weighted by atomic mass is 10.4. The standard InChI is InChI=1S/C6H8N2O4/c7-6(11)12-3-8-4(9)1-2-5(8)10/h1-3H2,(H2,7,11). The Morgan fingerprint density at radius 2 is 1.92 bits per heavy atom. The molecule has 1 heterocycles. The second kappa shape index (κ2) is 3.21. The van der Waals surface area contributed by atoms with E-state index in [9.17, 15) is 14.4 Å². The topological polar surface area (TPSA) is 89.7 Å². The SMILES string of the molecule is NC(=O)OCN1C(=O)CCC1=O. The molecule has 0 radical (unpaired) electrons. The van der Waals surface area contributed by atoms with Crippen LogP contribution in [0.2, 0.25) is 0 Å². The lowest BCUT2D eigenvalue weighted by molar-refractivity contribution is -0.142. The number of hydrogen-bond acceptors (Lipinski definition) is 4. The van der Waals surface area contributed by atoms with Crippen LogP contribution >= 0.6 is 0 Å². The molecule has 0 spiro atoms. The number of likely N-dealkylation sites (tertiary alicyclic amines) is 1. The Kier molecular flexibility index (Phi) is 2.27. The highest BCUT2D eigenvalue weighted by molar-refractivity contribution is 6.01. The average Bonchev–Trinajstić information content (AvgIpc) is 2.28. The number of nitrogens with zero attached hydrogens (tertiary/aromatic N) is 1. The van der Waals surface area contributed by atoms with Crippen LogP contribution in [0.15, 0.2) is 0 Å². The largest absolute Gasteiger partial charge is 0.428 e. The minimum Gasteiger partial charge on any atom is -0.428 e. The van der Waals surface area contributed by atoms with Crippen molar-refractivity contribution in [3.8, 4) is 0 Å². The first-order chi connectivity index (χ1) is 5.61. The lowest BCUT2D eigenvalue weighted by Gasteiger charge is -2.11. The molecule has 1 aliphatic heterocycles. The molecule has 12 heavy (non-hydrogen) atoms. The van der Waals surface area contributed by atoms with Gasteiger partial charge >= 0.3 is 6.09 Å². The fourth-order valence-electron chi connectivity index (χ4n) is 0.895. The molecule has 3 amide bonds. The third kappa shape index (κ3) is 1.71. The summed E-state index contributed by atoms with van der Waals surface area (Å²) in [7, 11) is 0. The van der Waals surface area contributed by atoms with E-state index < -0.39 is 6.09 Å². The summed E-state index contributed by atoms with van der Waals surface area (Å²) in [5, 5.41) is 0. The van der Waals surface area contributed by atoms with Gasteiger partial charge in [0.15, 0.2) is 6.73 Å². The van der Waals surface area contributed by atoms with Crippen molar-refractivity contribution in [1.82, 2.24) is 4.90 Å². The highest BCUT2D eigenvalue weighted by Gasteiger charge is 2.29. The molecule has 1 rings (SSSR count). The van der Waals surface area contributed by atoms with Crippen molar-refractivity contribution >= 4 is 17.9 Å². The van der Waals surface area contributed by atoms with Crippen molar-refractivity contribution in [3.63, 3.8) is 0 Å². The van der Waals surface area contributed by atoms with E-state index in [0.717, 1.165) is 4.90 Å². The summed E-state index contributed by atoms with van der Waals surface area (Å²) in [6, 6.07) is 0. The highest BCUT2D eigenvalue weighted by atomic mass is 16.6. The maximum absolute atomic E-state index is 10.9. The molecule has 0 bridgehead atoms. The van der Waals surface area contributed by atoms with Crippen LogP contribution < -0.4 is 5.73 Å². The van der Waals surface area contributed by atoms with E-state index in [1.807, 2.05) is 0 Å². The van der Waals surface area contributed by atoms with Crippen LogP contribution in [0.1, 0.15) is 12.8 Å². The van der Waals surface area contributed by atoms with Crippen LogP contribution in [-0.2, 0) is 14.3 Å². The smallest absolute Gasteiger partial charge is 0.406 e. The normalized spacial score (nSPS) is 16.8. The van der Waals surface area contributed by atoms with Crippen LogP contribution in [0.5, 0.6) is 0 Å². The van der Waals surface area contributed by atoms with Gasteiger partial charge in [0.05, 0.1) is 0 Å². The minimum absolute atomic E-state index is 0.182. The van der Waals surface area contributed by atoms with Gasteiger partial charge in [-0.1, -0.05) is 0 Å². The number of imide groups is 1. The number of ether oxygens (including phenoxy) is 1. The van der Waals surface area contributed by atoms with Gasteiger partial charge in [-0.15, -0.1) is 0 Å². The zero-order chi connectivity index (χ0) is 9.14. The number of nitrogens with two attached hydrogens (primary N) is 1. The van der Waals surface area contributed by atoms with Crippen LogP contribution in [0.25, 0.3) is 0 Å². The molecule has 0 aromatic heterocycles. The average molecular weight is 172 g/mol. The number of amides is 3. The summed E-state index contributed by atoms with van der Waals surface area (Å²) in [4.78, 5) is 32.7. The number of carbonyl (C=O) groups excluding carboxylic acids is 3. The third-order valence-corrected chi connectivity index (χ3v) is 1.49. The number of carbonyl (C=O) groups is 3.